The van der Waals surface area contributed by atoms with Crippen molar-refractivity contribution in [2.24, 2.45) is 0 Å². The Kier molecular flexibility index (Phi) is 9.71. The predicted molar refractivity (Wildman–Crippen MR) is 159 cm³/mol. The lowest BCUT2D eigenvalue weighted by atomic mass is 10.1. The summed E-state index contributed by atoms with van der Waals surface area (Å²) < 4.78 is 43.5. The Bertz CT molecular complexity index is 1510. The summed E-state index contributed by atoms with van der Waals surface area (Å²) in [6.45, 7) is 4.38. The van der Waals surface area contributed by atoms with Gasteiger partial charge in [0.05, 0.1) is 10.6 Å². The van der Waals surface area contributed by atoms with Gasteiger partial charge in [0.1, 0.15) is 18.4 Å². The number of amides is 2. The quantitative estimate of drug-likeness (QED) is 0.321. The van der Waals surface area contributed by atoms with Crippen molar-refractivity contribution in [1.29, 1.82) is 0 Å². The molecule has 4 rings (SSSR count). The van der Waals surface area contributed by atoms with Gasteiger partial charge in [0.25, 0.3) is 10.0 Å². The second-order valence-corrected chi connectivity index (χ2v) is 12.8. The molecular formula is C31H35ClFN3O4S. The minimum Gasteiger partial charge on any atom is -0.352 e. The number of hydrogen-bond acceptors (Lipinski definition) is 4. The fraction of sp³-hybridized carbons (Fsp3) is 0.355. The van der Waals surface area contributed by atoms with Crippen LogP contribution in [-0.2, 0) is 26.2 Å². The molecule has 218 valence electrons. The molecule has 0 aliphatic heterocycles. The molecule has 1 saturated carbocycles. The molecule has 0 heterocycles. The summed E-state index contributed by atoms with van der Waals surface area (Å²) in [5.74, 6) is -1.55. The number of sulfonamides is 1. The van der Waals surface area contributed by atoms with E-state index in [1.54, 1.807) is 44.2 Å². The number of benzene rings is 3. The van der Waals surface area contributed by atoms with Crippen molar-refractivity contribution in [3.05, 3.63) is 94.3 Å². The minimum absolute atomic E-state index is 0.000256. The topological polar surface area (TPSA) is 86.8 Å². The van der Waals surface area contributed by atoms with E-state index in [0.29, 0.717) is 5.02 Å². The molecule has 0 bridgehead atoms. The van der Waals surface area contributed by atoms with Gasteiger partial charge in [-0.05, 0) is 69.5 Å². The van der Waals surface area contributed by atoms with Crippen LogP contribution in [0.5, 0.6) is 0 Å². The number of carbonyl (C=O) groups is 2. The summed E-state index contributed by atoms with van der Waals surface area (Å²) in [6.07, 6.45) is 3.75. The zero-order chi connectivity index (χ0) is 29.7. The molecule has 7 nitrogen and oxygen atoms in total. The third-order valence-electron chi connectivity index (χ3n) is 7.50. The number of nitrogens with one attached hydrogen (secondary N) is 1. The molecule has 0 aromatic heterocycles. The summed E-state index contributed by atoms with van der Waals surface area (Å²) in [5.41, 5.74) is 2.03. The predicted octanol–water partition coefficient (Wildman–Crippen LogP) is 5.77. The van der Waals surface area contributed by atoms with Crippen molar-refractivity contribution in [3.63, 3.8) is 0 Å². The molecule has 2 amide bonds. The lowest BCUT2D eigenvalue weighted by Crippen LogP contribution is -2.52. The highest BCUT2D eigenvalue weighted by Gasteiger charge is 2.33. The van der Waals surface area contributed by atoms with Crippen LogP contribution in [-0.4, -0.2) is 43.8 Å². The van der Waals surface area contributed by atoms with E-state index in [1.807, 2.05) is 6.92 Å². The zero-order valence-corrected chi connectivity index (χ0v) is 25.0. The Morgan fingerprint density at radius 1 is 1.02 bits per heavy atom. The molecule has 0 saturated heterocycles. The molecule has 1 fully saturated rings. The molecule has 3 aromatic rings. The molecule has 0 unspecified atom stereocenters. The first kappa shape index (κ1) is 30.5. The molecule has 10 heteroatoms. The van der Waals surface area contributed by atoms with Crippen molar-refractivity contribution in [2.45, 2.75) is 70.0 Å². The highest BCUT2D eigenvalue weighted by Crippen LogP contribution is 2.29. The second kappa shape index (κ2) is 13.0. The Morgan fingerprint density at radius 3 is 2.32 bits per heavy atom. The first-order valence-corrected chi connectivity index (χ1v) is 15.5. The van der Waals surface area contributed by atoms with Crippen LogP contribution in [0.4, 0.5) is 10.1 Å². The number of nitrogens with zero attached hydrogens (tertiary/aromatic N) is 2. The average Bonchev–Trinajstić information content (AvgIpc) is 3.45. The van der Waals surface area contributed by atoms with Gasteiger partial charge in [-0.15, -0.1) is 0 Å². The average molecular weight is 600 g/mol. The summed E-state index contributed by atoms with van der Waals surface area (Å²) in [5, 5.41) is 3.34. The molecule has 3 aromatic carbocycles. The number of hydrogen-bond donors (Lipinski definition) is 1. The SMILES string of the molecule is Cc1ccc(S(=O)(=O)N(CC(=O)N(Cc2ccccc2F)[C@@H](C)C(=O)NC2CCCC2)c2ccc(C)c(Cl)c2)cc1. The van der Waals surface area contributed by atoms with Crippen LogP contribution in [0.3, 0.4) is 0 Å². The lowest BCUT2D eigenvalue weighted by molar-refractivity contribution is -0.139. The van der Waals surface area contributed by atoms with Crippen LogP contribution in [0.1, 0.15) is 49.3 Å². The summed E-state index contributed by atoms with van der Waals surface area (Å²) in [7, 11) is -4.22. The molecular weight excluding hydrogens is 565 g/mol. The van der Waals surface area contributed by atoms with Crippen LogP contribution >= 0.6 is 11.6 Å². The van der Waals surface area contributed by atoms with E-state index >= 15 is 0 Å². The number of aryl methyl sites for hydroxylation is 2. The lowest BCUT2D eigenvalue weighted by Gasteiger charge is -2.32. The van der Waals surface area contributed by atoms with Crippen molar-refractivity contribution in [1.82, 2.24) is 10.2 Å². The smallest absolute Gasteiger partial charge is 0.264 e. The van der Waals surface area contributed by atoms with Crippen LogP contribution in [0, 0.1) is 19.7 Å². The van der Waals surface area contributed by atoms with Gasteiger partial charge in [-0.2, -0.15) is 0 Å². The van der Waals surface area contributed by atoms with Gasteiger partial charge >= 0.3 is 0 Å². The summed E-state index contributed by atoms with van der Waals surface area (Å²) in [6, 6.07) is 16.1. The molecule has 1 aliphatic carbocycles. The van der Waals surface area contributed by atoms with E-state index in [-0.39, 0.29) is 34.6 Å². The first-order valence-electron chi connectivity index (χ1n) is 13.7. The standard InChI is InChI=1S/C31H35ClFN3O4S/c1-21-12-16-27(17-13-21)41(39,40)36(26-15-14-22(2)28(32)18-26)20-30(37)35(19-24-8-4-7-11-29(24)33)23(3)31(38)34-25-9-5-6-10-25/h4,7-8,11-18,23,25H,5-6,9-10,19-20H2,1-3H3,(H,34,38)/t23-/m0/s1. The fourth-order valence-corrected chi connectivity index (χ4v) is 6.47. The third kappa shape index (κ3) is 7.26. The van der Waals surface area contributed by atoms with Crippen LogP contribution in [0.25, 0.3) is 0 Å². The molecule has 1 aliphatic rings. The van der Waals surface area contributed by atoms with Gasteiger partial charge in [0, 0.05) is 23.2 Å². The van der Waals surface area contributed by atoms with E-state index in [4.69, 9.17) is 11.6 Å². The van der Waals surface area contributed by atoms with Crippen molar-refractivity contribution >= 4 is 39.1 Å². The molecule has 41 heavy (non-hydrogen) atoms. The fourth-order valence-electron chi connectivity index (χ4n) is 4.89. The second-order valence-electron chi connectivity index (χ2n) is 10.5. The van der Waals surface area contributed by atoms with Crippen LogP contribution in [0.2, 0.25) is 5.02 Å². The van der Waals surface area contributed by atoms with E-state index in [2.05, 4.69) is 5.32 Å². The Labute approximate surface area is 246 Å². The zero-order valence-electron chi connectivity index (χ0n) is 23.4. The van der Waals surface area contributed by atoms with E-state index in [0.717, 1.165) is 41.1 Å². The third-order valence-corrected chi connectivity index (χ3v) is 9.69. The largest absolute Gasteiger partial charge is 0.352 e. The Balaban J connectivity index is 1.71. The highest BCUT2D eigenvalue weighted by atomic mass is 35.5. The van der Waals surface area contributed by atoms with Gasteiger partial charge in [-0.1, -0.05) is 66.4 Å². The maximum Gasteiger partial charge on any atom is 0.264 e. The number of rotatable bonds is 10. The summed E-state index contributed by atoms with van der Waals surface area (Å²) >= 11 is 6.36. The van der Waals surface area contributed by atoms with Crippen LogP contribution in [0.15, 0.2) is 71.6 Å². The molecule has 0 radical (unpaired) electrons. The van der Waals surface area contributed by atoms with Crippen molar-refractivity contribution in [2.75, 3.05) is 10.8 Å². The van der Waals surface area contributed by atoms with Crippen molar-refractivity contribution in [3.8, 4) is 0 Å². The van der Waals surface area contributed by atoms with Gasteiger partial charge in [0.15, 0.2) is 0 Å². The number of carbonyl (C=O) groups excluding carboxylic acids is 2. The maximum atomic E-state index is 14.7. The van der Waals surface area contributed by atoms with Gasteiger partial charge < -0.3 is 10.2 Å². The van der Waals surface area contributed by atoms with Crippen molar-refractivity contribution < 1.29 is 22.4 Å². The number of anilines is 1. The Hall–Kier alpha value is -3.43. The normalized spacial score (nSPS) is 14.5. The molecule has 0 spiro atoms. The van der Waals surface area contributed by atoms with Gasteiger partial charge in [-0.3, -0.25) is 13.9 Å². The van der Waals surface area contributed by atoms with Gasteiger partial charge in [-0.25, -0.2) is 12.8 Å². The maximum absolute atomic E-state index is 14.7. The molecule has 1 N–H and O–H groups in total. The number of halogens is 2. The van der Waals surface area contributed by atoms with Gasteiger partial charge in [0.2, 0.25) is 11.8 Å². The highest BCUT2D eigenvalue weighted by molar-refractivity contribution is 7.92. The van der Waals surface area contributed by atoms with E-state index < -0.39 is 34.3 Å². The first-order chi connectivity index (χ1) is 19.5. The summed E-state index contributed by atoms with van der Waals surface area (Å²) in [4.78, 5) is 28.5. The van der Waals surface area contributed by atoms with Crippen LogP contribution < -0.4 is 9.62 Å². The molecule has 1 atom stereocenters. The minimum atomic E-state index is -4.22. The Morgan fingerprint density at radius 2 is 1.68 bits per heavy atom. The van der Waals surface area contributed by atoms with E-state index in [1.165, 1.54) is 41.3 Å². The monoisotopic (exact) mass is 599 g/mol. The van der Waals surface area contributed by atoms with E-state index in [9.17, 15) is 22.4 Å².